The normalized spacial score (nSPS) is 42.9. The molecule has 1 aliphatic heterocycles. The largest absolute Gasteiger partial charge is 0.307 e. The molecule has 102 valence electrons. The Labute approximate surface area is 114 Å². The molecule has 6 rings (SSSR count). The SMILES string of the molecule is Cc1c2c(nn1C1C3CC4CC(C3)CC1C4)CNC2. The third-order valence-corrected chi connectivity index (χ3v) is 6.41. The van der Waals surface area contributed by atoms with Crippen molar-refractivity contribution >= 4 is 0 Å². The van der Waals surface area contributed by atoms with Gasteiger partial charge in [-0.05, 0) is 62.7 Å². The van der Waals surface area contributed by atoms with Crippen LogP contribution in [-0.4, -0.2) is 9.78 Å². The lowest BCUT2D eigenvalue weighted by molar-refractivity contribution is -0.0345. The molecule has 2 heterocycles. The topological polar surface area (TPSA) is 29.9 Å². The van der Waals surface area contributed by atoms with Crippen molar-refractivity contribution in [1.82, 2.24) is 15.1 Å². The Kier molecular flexibility index (Phi) is 2.08. The van der Waals surface area contributed by atoms with Gasteiger partial charge in [0.05, 0.1) is 11.7 Å². The number of rotatable bonds is 1. The van der Waals surface area contributed by atoms with E-state index in [1.54, 1.807) is 0 Å². The Balaban J connectivity index is 1.56. The van der Waals surface area contributed by atoms with Gasteiger partial charge >= 0.3 is 0 Å². The molecule has 0 atom stereocenters. The van der Waals surface area contributed by atoms with Gasteiger partial charge in [0.2, 0.25) is 0 Å². The zero-order valence-electron chi connectivity index (χ0n) is 11.7. The molecule has 3 heteroatoms. The third-order valence-electron chi connectivity index (χ3n) is 6.41. The minimum atomic E-state index is 0.735. The van der Waals surface area contributed by atoms with Crippen LogP contribution in [0, 0.1) is 30.6 Å². The molecule has 4 bridgehead atoms. The van der Waals surface area contributed by atoms with Crippen molar-refractivity contribution in [3.8, 4) is 0 Å². The van der Waals surface area contributed by atoms with Gasteiger partial charge < -0.3 is 5.32 Å². The highest BCUT2D eigenvalue weighted by Gasteiger charge is 2.49. The first-order valence-corrected chi connectivity index (χ1v) is 8.07. The summed E-state index contributed by atoms with van der Waals surface area (Å²) in [5.74, 6) is 3.98. The Bertz CT molecular complexity index is 502. The summed E-state index contributed by atoms with van der Waals surface area (Å²) in [6.07, 6.45) is 7.48. The number of nitrogens with one attached hydrogen (secondary N) is 1. The van der Waals surface area contributed by atoms with Crippen LogP contribution in [-0.2, 0) is 13.1 Å². The standard InChI is InChI=1S/C16H23N3/c1-9-14-7-17-8-15(14)18-19(9)16-12-3-10-2-11(5-12)6-13(16)4-10/h10-13,16-17H,2-8H2,1H3. The van der Waals surface area contributed by atoms with Crippen molar-refractivity contribution in [2.45, 2.75) is 58.2 Å². The van der Waals surface area contributed by atoms with Crippen molar-refractivity contribution in [1.29, 1.82) is 0 Å². The van der Waals surface area contributed by atoms with Gasteiger partial charge in [0.1, 0.15) is 0 Å². The van der Waals surface area contributed by atoms with Crippen LogP contribution in [0.5, 0.6) is 0 Å². The van der Waals surface area contributed by atoms with Crippen LogP contribution in [0.2, 0.25) is 0 Å². The molecule has 1 aromatic heterocycles. The molecule has 0 amide bonds. The van der Waals surface area contributed by atoms with Crippen molar-refractivity contribution in [2.24, 2.45) is 23.7 Å². The van der Waals surface area contributed by atoms with Crippen LogP contribution in [0.15, 0.2) is 0 Å². The highest BCUT2D eigenvalue weighted by Crippen LogP contribution is 2.58. The van der Waals surface area contributed by atoms with Gasteiger partial charge in [0, 0.05) is 24.3 Å². The smallest absolute Gasteiger partial charge is 0.0810 e. The van der Waals surface area contributed by atoms with Gasteiger partial charge in [-0.1, -0.05) is 0 Å². The average molecular weight is 257 g/mol. The van der Waals surface area contributed by atoms with E-state index in [0.29, 0.717) is 0 Å². The molecule has 3 nitrogen and oxygen atoms in total. The Morgan fingerprint density at radius 3 is 2.32 bits per heavy atom. The second kappa shape index (κ2) is 3.63. The molecule has 5 aliphatic rings. The maximum Gasteiger partial charge on any atom is 0.0810 e. The van der Waals surface area contributed by atoms with E-state index in [9.17, 15) is 0 Å². The molecule has 4 fully saturated rings. The van der Waals surface area contributed by atoms with E-state index in [4.69, 9.17) is 5.10 Å². The first kappa shape index (κ1) is 10.9. The first-order valence-electron chi connectivity index (χ1n) is 8.07. The van der Waals surface area contributed by atoms with E-state index in [2.05, 4.69) is 16.9 Å². The Hall–Kier alpha value is -0.830. The summed E-state index contributed by atoms with van der Waals surface area (Å²) >= 11 is 0. The zero-order chi connectivity index (χ0) is 12.6. The summed E-state index contributed by atoms with van der Waals surface area (Å²) in [5, 5.41) is 8.42. The van der Waals surface area contributed by atoms with Crippen LogP contribution in [0.4, 0.5) is 0 Å². The molecule has 0 unspecified atom stereocenters. The second-order valence-corrected chi connectivity index (χ2v) is 7.48. The van der Waals surface area contributed by atoms with Gasteiger partial charge in [-0.15, -0.1) is 0 Å². The zero-order valence-corrected chi connectivity index (χ0v) is 11.7. The van der Waals surface area contributed by atoms with Crippen LogP contribution in [0.25, 0.3) is 0 Å². The summed E-state index contributed by atoms with van der Waals surface area (Å²) in [7, 11) is 0. The van der Waals surface area contributed by atoms with E-state index in [1.165, 1.54) is 49.1 Å². The highest BCUT2D eigenvalue weighted by molar-refractivity contribution is 5.29. The number of nitrogens with zero attached hydrogens (tertiary/aromatic N) is 2. The summed E-state index contributed by atoms with van der Waals surface area (Å²) < 4.78 is 2.46. The molecular weight excluding hydrogens is 234 g/mol. The molecule has 4 saturated carbocycles. The predicted octanol–water partition coefficient (Wildman–Crippen LogP) is 2.79. The quantitative estimate of drug-likeness (QED) is 0.838. The van der Waals surface area contributed by atoms with Crippen molar-refractivity contribution in [3.63, 3.8) is 0 Å². The Morgan fingerprint density at radius 2 is 1.68 bits per heavy atom. The predicted molar refractivity (Wildman–Crippen MR) is 73.6 cm³/mol. The molecule has 0 aromatic carbocycles. The van der Waals surface area contributed by atoms with E-state index >= 15 is 0 Å². The summed E-state index contributed by atoms with van der Waals surface area (Å²) in [6, 6.07) is 0.735. The maximum absolute atomic E-state index is 4.99. The fourth-order valence-corrected chi connectivity index (χ4v) is 5.88. The van der Waals surface area contributed by atoms with Gasteiger partial charge in [0.25, 0.3) is 0 Å². The fourth-order valence-electron chi connectivity index (χ4n) is 5.88. The molecule has 1 N–H and O–H groups in total. The highest BCUT2D eigenvalue weighted by atomic mass is 15.3. The van der Waals surface area contributed by atoms with Crippen LogP contribution >= 0.6 is 0 Å². The van der Waals surface area contributed by atoms with E-state index in [-0.39, 0.29) is 0 Å². The number of fused-ring (bicyclic) bond motifs is 1. The van der Waals surface area contributed by atoms with Crippen LogP contribution in [0.3, 0.4) is 0 Å². The molecular formula is C16H23N3. The Morgan fingerprint density at radius 1 is 1.00 bits per heavy atom. The lowest BCUT2D eigenvalue weighted by Crippen LogP contribution is -2.46. The maximum atomic E-state index is 4.99. The molecule has 1 aromatic rings. The molecule has 0 spiro atoms. The minimum absolute atomic E-state index is 0.735. The van der Waals surface area contributed by atoms with Gasteiger partial charge in [-0.3, -0.25) is 4.68 Å². The number of hydrogen-bond donors (Lipinski definition) is 1. The van der Waals surface area contributed by atoms with E-state index in [0.717, 1.165) is 42.8 Å². The van der Waals surface area contributed by atoms with Crippen molar-refractivity contribution in [3.05, 3.63) is 17.0 Å². The number of aromatic nitrogens is 2. The first-order chi connectivity index (χ1) is 9.29. The number of hydrogen-bond acceptors (Lipinski definition) is 2. The van der Waals surface area contributed by atoms with Gasteiger partial charge in [-0.25, -0.2) is 0 Å². The van der Waals surface area contributed by atoms with E-state index < -0.39 is 0 Å². The lowest BCUT2D eigenvalue weighted by atomic mass is 9.54. The average Bonchev–Trinajstić information content (AvgIpc) is 2.93. The van der Waals surface area contributed by atoms with Gasteiger partial charge in [0.15, 0.2) is 0 Å². The molecule has 4 aliphatic carbocycles. The fraction of sp³-hybridized carbons (Fsp3) is 0.812. The summed E-state index contributed by atoms with van der Waals surface area (Å²) in [5.41, 5.74) is 4.28. The molecule has 0 radical (unpaired) electrons. The lowest BCUT2D eigenvalue weighted by Gasteiger charge is -2.54. The van der Waals surface area contributed by atoms with Crippen molar-refractivity contribution < 1.29 is 0 Å². The molecule has 19 heavy (non-hydrogen) atoms. The van der Waals surface area contributed by atoms with Crippen LogP contribution < -0.4 is 5.32 Å². The third kappa shape index (κ3) is 1.40. The van der Waals surface area contributed by atoms with Gasteiger partial charge in [-0.2, -0.15) is 5.10 Å². The van der Waals surface area contributed by atoms with Crippen LogP contribution in [0.1, 0.15) is 55.1 Å². The summed E-state index contributed by atoms with van der Waals surface area (Å²) in [4.78, 5) is 0. The monoisotopic (exact) mass is 257 g/mol. The van der Waals surface area contributed by atoms with Crippen molar-refractivity contribution in [2.75, 3.05) is 0 Å². The summed E-state index contributed by atoms with van der Waals surface area (Å²) in [6.45, 7) is 4.31. The van der Waals surface area contributed by atoms with E-state index in [1.807, 2.05) is 0 Å². The molecule has 0 saturated heterocycles. The second-order valence-electron chi connectivity index (χ2n) is 7.48. The minimum Gasteiger partial charge on any atom is -0.307 e.